The Labute approximate surface area is 97.4 Å². The summed E-state index contributed by atoms with van der Waals surface area (Å²) >= 11 is 3.38. The largest absolute Gasteiger partial charge is 0.491 e. The summed E-state index contributed by atoms with van der Waals surface area (Å²) in [7, 11) is 0. The van der Waals surface area contributed by atoms with Crippen LogP contribution < -0.4 is 15.8 Å². The smallest absolute Gasteiger partial charge is 0.119 e. The summed E-state index contributed by atoms with van der Waals surface area (Å²) in [5, 5.41) is 3.14. The maximum Gasteiger partial charge on any atom is 0.119 e. The third-order valence-electron chi connectivity index (χ3n) is 2.26. The van der Waals surface area contributed by atoms with Gasteiger partial charge in [-0.05, 0) is 36.8 Å². The van der Waals surface area contributed by atoms with E-state index in [0.717, 1.165) is 22.5 Å². The summed E-state index contributed by atoms with van der Waals surface area (Å²) < 4.78 is 6.68. The molecule has 0 unspecified atom stereocenters. The van der Waals surface area contributed by atoms with E-state index in [-0.39, 0.29) is 0 Å². The van der Waals surface area contributed by atoms with Crippen LogP contribution >= 0.6 is 15.9 Å². The lowest BCUT2D eigenvalue weighted by molar-refractivity contribution is 0.278. The highest BCUT2D eigenvalue weighted by Crippen LogP contribution is 2.17. The Hall–Kier alpha value is -1.16. The zero-order chi connectivity index (χ0) is 10.7. The van der Waals surface area contributed by atoms with Crippen molar-refractivity contribution in [2.45, 2.75) is 12.5 Å². The minimum atomic E-state index is 0.300. The van der Waals surface area contributed by atoms with Gasteiger partial charge in [0.15, 0.2) is 0 Å². The highest BCUT2D eigenvalue weighted by Gasteiger charge is 2.13. The fraction of sp³-hybridized carbons (Fsp3) is 0.273. The van der Waals surface area contributed by atoms with Crippen LogP contribution in [-0.2, 0) is 0 Å². The fourth-order valence-electron chi connectivity index (χ4n) is 1.46. The molecule has 0 aliphatic carbocycles. The van der Waals surface area contributed by atoms with Gasteiger partial charge in [0.05, 0.1) is 11.9 Å². The predicted molar refractivity (Wildman–Crippen MR) is 63.4 cm³/mol. The average Bonchev–Trinajstić information content (AvgIpc) is 2.64. The van der Waals surface area contributed by atoms with Gasteiger partial charge in [0, 0.05) is 4.47 Å². The zero-order valence-corrected chi connectivity index (χ0v) is 9.83. The number of halogens is 1. The van der Waals surface area contributed by atoms with Crippen molar-refractivity contribution in [1.29, 1.82) is 0 Å². The highest BCUT2D eigenvalue weighted by atomic mass is 79.9. The maximum atomic E-state index is 5.62. The summed E-state index contributed by atoms with van der Waals surface area (Å²) in [5.74, 6) is 1.63. The maximum absolute atomic E-state index is 5.62. The van der Waals surface area contributed by atoms with Crippen molar-refractivity contribution in [3.8, 4) is 5.75 Å². The number of benzene rings is 1. The van der Waals surface area contributed by atoms with Crippen molar-refractivity contribution >= 4 is 15.9 Å². The van der Waals surface area contributed by atoms with E-state index >= 15 is 0 Å². The van der Waals surface area contributed by atoms with Crippen molar-refractivity contribution in [1.82, 2.24) is 5.32 Å². The summed E-state index contributed by atoms with van der Waals surface area (Å²) in [5.41, 5.74) is 5.60. The van der Waals surface area contributed by atoms with Crippen LogP contribution in [-0.4, -0.2) is 12.6 Å². The van der Waals surface area contributed by atoms with Crippen LogP contribution in [0, 0.1) is 0 Å². The lowest BCUT2D eigenvalue weighted by Gasteiger charge is -2.13. The van der Waals surface area contributed by atoms with Crippen LogP contribution in [0.15, 0.2) is 40.6 Å². The average molecular weight is 269 g/mol. The second-order valence-electron chi connectivity index (χ2n) is 3.50. The molecule has 1 aliphatic rings. The Kier molecular flexibility index (Phi) is 3.16. The third kappa shape index (κ3) is 2.89. The minimum absolute atomic E-state index is 0.300. The first-order chi connectivity index (χ1) is 7.24. The van der Waals surface area contributed by atoms with Gasteiger partial charge in [-0.15, -0.1) is 0 Å². The van der Waals surface area contributed by atoms with E-state index in [2.05, 4.69) is 21.2 Å². The molecule has 80 valence electrons. The van der Waals surface area contributed by atoms with Crippen molar-refractivity contribution in [2.75, 3.05) is 6.61 Å². The Morgan fingerprint density at radius 3 is 2.73 bits per heavy atom. The Bertz CT molecular complexity index is 361. The first-order valence-electron chi connectivity index (χ1n) is 4.84. The summed E-state index contributed by atoms with van der Waals surface area (Å²) in [4.78, 5) is 0. The van der Waals surface area contributed by atoms with E-state index < -0.39 is 0 Å². The van der Waals surface area contributed by atoms with E-state index in [9.17, 15) is 0 Å². The predicted octanol–water partition coefficient (Wildman–Crippen LogP) is 1.99. The molecule has 0 bridgehead atoms. The van der Waals surface area contributed by atoms with Gasteiger partial charge in [-0.3, -0.25) is 0 Å². The Morgan fingerprint density at radius 1 is 1.40 bits per heavy atom. The SMILES string of the molecule is NC1=CC[C@@H](COc2ccc(Br)cc2)N1. The molecule has 0 saturated heterocycles. The third-order valence-corrected chi connectivity index (χ3v) is 2.79. The molecule has 1 aliphatic heterocycles. The standard InChI is InChI=1S/C11H13BrN2O/c12-8-1-4-10(5-2-8)15-7-9-3-6-11(13)14-9/h1-2,4-6,9,14H,3,7,13H2/t9-/m0/s1. The first-order valence-corrected chi connectivity index (χ1v) is 5.64. The number of rotatable bonds is 3. The second-order valence-corrected chi connectivity index (χ2v) is 4.42. The van der Waals surface area contributed by atoms with Crippen LogP contribution in [0.3, 0.4) is 0 Å². The van der Waals surface area contributed by atoms with Crippen LogP contribution in [0.5, 0.6) is 5.75 Å². The summed E-state index contributed by atoms with van der Waals surface area (Å²) in [6.07, 6.45) is 2.91. The van der Waals surface area contributed by atoms with Crippen LogP contribution in [0.25, 0.3) is 0 Å². The molecule has 1 aromatic carbocycles. The van der Waals surface area contributed by atoms with Crippen LogP contribution in [0.4, 0.5) is 0 Å². The molecule has 0 spiro atoms. The normalized spacial score (nSPS) is 19.5. The molecule has 3 N–H and O–H groups in total. The molecule has 4 heteroatoms. The van der Waals surface area contributed by atoms with Crippen molar-refractivity contribution in [3.05, 3.63) is 40.6 Å². The highest BCUT2D eigenvalue weighted by molar-refractivity contribution is 9.10. The van der Waals surface area contributed by atoms with E-state index in [4.69, 9.17) is 10.5 Å². The number of ether oxygens (including phenoxy) is 1. The van der Waals surface area contributed by atoms with Gasteiger partial charge in [0.1, 0.15) is 12.4 Å². The molecule has 0 radical (unpaired) electrons. The van der Waals surface area contributed by atoms with Gasteiger partial charge in [-0.1, -0.05) is 15.9 Å². The fourth-order valence-corrected chi connectivity index (χ4v) is 1.72. The molecule has 0 saturated carbocycles. The van der Waals surface area contributed by atoms with Gasteiger partial charge in [-0.25, -0.2) is 0 Å². The van der Waals surface area contributed by atoms with E-state index in [0.29, 0.717) is 12.6 Å². The monoisotopic (exact) mass is 268 g/mol. The van der Waals surface area contributed by atoms with Crippen LogP contribution in [0.2, 0.25) is 0 Å². The summed E-state index contributed by atoms with van der Waals surface area (Å²) in [6, 6.07) is 8.10. The number of nitrogens with two attached hydrogens (primary N) is 1. The lowest BCUT2D eigenvalue weighted by atomic mass is 10.2. The summed E-state index contributed by atoms with van der Waals surface area (Å²) in [6.45, 7) is 0.638. The second kappa shape index (κ2) is 4.57. The quantitative estimate of drug-likeness (QED) is 0.882. The van der Waals surface area contributed by atoms with Crippen molar-refractivity contribution in [3.63, 3.8) is 0 Å². The number of nitrogens with one attached hydrogen (secondary N) is 1. The van der Waals surface area contributed by atoms with Gasteiger partial charge in [-0.2, -0.15) is 0 Å². The molecule has 2 rings (SSSR count). The Morgan fingerprint density at radius 2 is 2.13 bits per heavy atom. The molecule has 0 amide bonds. The molecule has 1 heterocycles. The molecule has 1 atom stereocenters. The van der Waals surface area contributed by atoms with E-state index in [1.165, 1.54) is 0 Å². The minimum Gasteiger partial charge on any atom is -0.491 e. The molecular weight excluding hydrogens is 256 g/mol. The van der Waals surface area contributed by atoms with Crippen molar-refractivity contribution < 1.29 is 4.74 Å². The molecule has 0 fully saturated rings. The van der Waals surface area contributed by atoms with Crippen LogP contribution in [0.1, 0.15) is 6.42 Å². The van der Waals surface area contributed by atoms with Gasteiger partial charge >= 0.3 is 0 Å². The van der Waals surface area contributed by atoms with Gasteiger partial charge < -0.3 is 15.8 Å². The number of hydrogen-bond donors (Lipinski definition) is 2. The van der Waals surface area contributed by atoms with E-state index in [1.54, 1.807) is 0 Å². The topological polar surface area (TPSA) is 47.3 Å². The molecule has 0 aromatic heterocycles. The van der Waals surface area contributed by atoms with Gasteiger partial charge in [0.2, 0.25) is 0 Å². The molecule has 1 aromatic rings. The van der Waals surface area contributed by atoms with E-state index in [1.807, 2.05) is 30.3 Å². The molecular formula is C11H13BrN2O. The number of hydrogen-bond acceptors (Lipinski definition) is 3. The van der Waals surface area contributed by atoms with Crippen molar-refractivity contribution in [2.24, 2.45) is 5.73 Å². The Balaban J connectivity index is 1.81. The van der Waals surface area contributed by atoms with Gasteiger partial charge in [0.25, 0.3) is 0 Å². The first kappa shape index (κ1) is 10.4. The molecule has 3 nitrogen and oxygen atoms in total. The lowest BCUT2D eigenvalue weighted by Crippen LogP contribution is -2.31. The zero-order valence-electron chi connectivity index (χ0n) is 8.24. The molecule has 15 heavy (non-hydrogen) atoms.